The first-order valence-corrected chi connectivity index (χ1v) is 7.66. The number of rotatable bonds is 6. The third kappa shape index (κ3) is 7.70. The van der Waals surface area contributed by atoms with Crippen LogP contribution in [0.15, 0.2) is 0 Å². The average molecular weight is 286 g/mol. The van der Waals surface area contributed by atoms with Crippen molar-refractivity contribution in [3.63, 3.8) is 0 Å². The Morgan fingerprint density at radius 2 is 1.95 bits per heavy atom. The SMILES string of the molecule is CC(NCCCNC(=O)OC(C)(C)C)C1CCOCC1. The van der Waals surface area contributed by atoms with Crippen molar-refractivity contribution in [3.05, 3.63) is 0 Å². The summed E-state index contributed by atoms with van der Waals surface area (Å²) in [6.45, 7) is 11.2. The van der Waals surface area contributed by atoms with E-state index in [2.05, 4.69) is 17.6 Å². The van der Waals surface area contributed by atoms with Crippen molar-refractivity contribution in [2.75, 3.05) is 26.3 Å². The Balaban J connectivity index is 2.02. The fourth-order valence-electron chi connectivity index (χ4n) is 2.31. The maximum Gasteiger partial charge on any atom is 0.407 e. The number of carbonyl (C=O) groups is 1. The van der Waals surface area contributed by atoms with Crippen LogP contribution in [0.5, 0.6) is 0 Å². The predicted octanol–water partition coefficient (Wildman–Crippen LogP) is 2.31. The van der Waals surface area contributed by atoms with Crippen molar-refractivity contribution in [1.82, 2.24) is 10.6 Å². The topological polar surface area (TPSA) is 59.6 Å². The summed E-state index contributed by atoms with van der Waals surface area (Å²) in [5.41, 5.74) is -0.431. The summed E-state index contributed by atoms with van der Waals surface area (Å²) < 4.78 is 10.5. The number of carbonyl (C=O) groups excluding carboxylic acids is 1. The summed E-state index contributed by atoms with van der Waals surface area (Å²) in [5.74, 6) is 0.711. The molecule has 0 saturated carbocycles. The van der Waals surface area contributed by atoms with Gasteiger partial charge in [-0.15, -0.1) is 0 Å². The van der Waals surface area contributed by atoms with Crippen molar-refractivity contribution in [3.8, 4) is 0 Å². The van der Waals surface area contributed by atoms with Crippen LogP contribution in [0.25, 0.3) is 0 Å². The normalized spacial score (nSPS) is 18.6. The molecule has 1 heterocycles. The Hall–Kier alpha value is -0.810. The Morgan fingerprint density at radius 1 is 1.30 bits per heavy atom. The van der Waals surface area contributed by atoms with Crippen molar-refractivity contribution in [1.29, 1.82) is 0 Å². The van der Waals surface area contributed by atoms with E-state index in [-0.39, 0.29) is 6.09 Å². The van der Waals surface area contributed by atoms with Crippen molar-refractivity contribution in [2.45, 2.75) is 58.6 Å². The zero-order valence-corrected chi connectivity index (χ0v) is 13.3. The van der Waals surface area contributed by atoms with Crippen molar-refractivity contribution >= 4 is 6.09 Å². The van der Waals surface area contributed by atoms with E-state index in [0.717, 1.165) is 39.0 Å². The van der Waals surface area contributed by atoms with E-state index in [9.17, 15) is 4.79 Å². The van der Waals surface area contributed by atoms with E-state index in [1.54, 1.807) is 0 Å². The van der Waals surface area contributed by atoms with Gasteiger partial charge in [0.1, 0.15) is 5.60 Å². The average Bonchev–Trinajstić information content (AvgIpc) is 2.37. The predicted molar refractivity (Wildman–Crippen MR) is 79.9 cm³/mol. The molecule has 0 aromatic rings. The molecule has 0 bridgehead atoms. The minimum absolute atomic E-state index is 0.338. The van der Waals surface area contributed by atoms with Gasteiger partial charge in [-0.3, -0.25) is 0 Å². The van der Waals surface area contributed by atoms with E-state index < -0.39 is 5.60 Å². The molecule has 1 amide bonds. The van der Waals surface area contributed by atoms with Gasteiger partial charge in [-0.05, 0) is 59.4 Å². The third-order valence-electron chi connectivity index (χ3n) is 3.46. The molecule has 0 aromatic carbocycles. The lowest BCUT2D eigenvalue weighted by Crippen LogP contribution is -2.38. The number of hydrogen-bond acceptors (Lipinski definition) is 4. The summed E-state index contributed by atoms with van der Waals surface area (Å²) in [6.07, 6.45) is 2.86. The fraction of sp³-hybridized carbons (Fsp3) is 0.933. The van der Waals surface area contributed by atoms with Crippen LogP contribution in [0.2, 0.25) is 0 Å². The van der Waals surface area contributed by atoms with Crippen LogP contribution in [0.1, 0.15) is 47.0 Å². The first kappa shape index (κ1) is 17.2. The van der Waals surface area contributed by atoms with Crippen LogP contribution in [0.4, 0.5) is 4.79 Å². The van der Waals surface area contributed by atoms with Gasteiger partial charge in [-0.1, -0.05) is 0 Å². The molecule has 5 heteroatoms. The number of alkyl carbamates (subject to hydrolysis) is 1. The van der Waals surface area contributed by atoms with E-state index in [0.29, 0.717) is 18.5 Å². The van der Waals surface area contributed by atoms with E-state index in [4.69, 9.17) is 9.47 Å². The highest BCUT2D eigenvalue weighted by atomic mass is 16.6. The number of nitrogens with one attached hydrogen (secondary N) is 2. The molecule has 118 valence electrons. The van der Waals surface area contributed by atoms with Gasteiger partial charge in [0, 0.05) is 25.8 Å². The highest BCUT2D eigenvalue weighted by Gasteiger charge is 2.19. The minimum atomic E-state index is -0.431. The standard InChI is InChI=1S/C15H30N2O3/c1-12(13-6-10-19-11-7-13)16-8-5-9-17-14(18)20-15(2,3)4/h12-13,16H,5-11H2,1-4H3,(H,17,18). The molecule has 1 aliphatic heterocycles. The van der Waals surface area contributed by atoms with Crippen LogP contribution >= 0.6 is 0 Å². The molecule has 5 nitrogen and oxygen atoms in total. The lowest BCUT2D eigenvalue weighted by molar-refractivity contribution is 0.0522. The molecular formula is C15H30N2O3. The van der Waals surface area contributed by atoms with Crippen LogP contribution in [0, 0.1) is 5.92 Å². The largest absolute Gasteiger partial charge is 0.444 e. The molecule has 1 saturated heterocycles. The van der Waals surface area contributed by atoms with Gasteiger partial charge < -0.3 is 20.1 Å². The maximum atomic E-state index is 11.4. The lowest BCUT2D eigenvalue weighted by Gasteiger charge is -2.28. The van der Waals surface area contributed by atoms with Crippen LogP contribution in [-0.2, 0) is 9.47 Å². The molecule has 1 aliphatic rings. The minimum Gasteiger partial charge on any atom is -0.444 e. The second-order valence-electron chi connectivity index (χ2n) is 6.47. The molecule has 0 radical (unpaired) electrons. The van der Waals surface area contributed by atoms with Gasteiger partial charge in [0.2, 0.25) is 0 Å². The number of amides is 1. The second kappa shape index (κ2) is 8.47. The summed E-state index contributed by atoms with van der Waals surface area (Å²) in [6, 6.07) is 0.514. The molecule has 0 aromatic heterocycles. The zero-order chi connectivity index (χ0) is 15.0. The van der Waals surface area contributed by atoms with Gasteiger partial charge in [-0.2, -0.15) is 0 Å². The fourth-order valence-corrected chi connectivity index (χ4v) is 2.31. The molecule has 20 heavy (non-hydrogen) atoms. The molecule has 1 atom stereocenters. The van der Waals surface area contributed by atoms with Gasteiger partial charge >= 0.3 is 6.09 Å². The van der Waals surface area contributed by atoms with Crippen LogP contribution < -0.4 is 10.6 Å². The Labute approximate surface area is 122 Å². The van der Waals surface area contributed by atoms with E-state index in [1.807, 2.05) is 20.8 Å². The number of hydrogen-bond donors (Lipinski definition) is 2. The monoisotopic (exact) mass is 286 g/mol. The number of ether oxygens (including phenoxy) is 2. The summed E-state index contributed by atoms with van der Waals surface area (Å²) in [5, 5.41) is 6.30. The first-order valence-electron chi connectivity index (χ1n) is 7.66. The summed E-state index contributed by atoms with van der Waals surface area (Å²) in [7, 11) is 0. The molecule has 0 spiro atoms. The van der Waals surface area contributed by atoms with Crippen molar-refractivity contribution in [2.24, 2.45) is 5.92 Å². The van der Waals surface area contributed by atoms with Gasteiger partial charge in [0.25, 0.3) is 0 Å². The molecule has 1 rings (SSSR count). The maximum absolute atomic E-state index is 11.4. The highest BCUT2D eigenvalue weighted by Crippen LogP contribution is 2.18. The molecule has 1 fully saturated rings. The third-order valence-corrected chi connectivity index (χ3v) is 3.46. The second-order valence-corrected chi connectivity index (χ2v) is 6.47. The molecule has 0 aliphatic carbocycles. The van der Waals surface area contributed by atoms with Gasteiger partial charge in [0.15, 0.2) is 0 Å². The van der Waals surface area contributed by atoms with Crippen LogP contribution in [0.3, 0.4) is 0 Å². The smallest absolute Gasteiger partial charge is 0.407 e. The van der Waals surface area contributed by atoms with Gasteiger partial charge in [-0.25, -0.2) is 4.79 Å². The first-order chi connectivity index (χ1) is 9.38. The Kier molecular flexibility index (Phi) is 7.30. The molecule has 1 unspecified atom stereocenters. The van der Waals surface area contributed by atoms with E-state index >= 15 is 0 Å². The van der Waals surface area contributed by atoms with Crippen LogP contribution in [-0.4, -0.2) is 44.0 Å². The Morgan fingerprint density at radius 3 is 2.55 bits per heavy atom. The summed E-state index contributed by atoms with van der Waals surface area (Å²) >= 11 is 0. The summed E-state index contributed by atoms with van der Waals surface area (Å²) in [4.78, 5) is 11.4. The Bertz CT molecular complexity index is 283. The van der Waals surface area contributed by atoms with Crippen molar-refractivity contribution < 1.29 is 14.3 Å². The molecular weight excluding hydrogens is 256 g/mol. The van der Waals surface area contributed by atoms with E-state index in [1.165, 1.54) is 0 Å². The lowest BCUT2D eigenvalue weighted by atomic mass is 9.93. The quantitative estimate of drug-likeness (QED) is 0.736. The molecule has 2 N–H and O–H groups in total. The van der Waals surface area contributed by atoms with Gasteiger partial charge in [0.05, 0.1) is 0 Å². The highest BCUT2D eigenvalue weighted by molar-refractivity contribution is 5.67. The zero-order valence-electron chi connectivity index (χ0n) is 13.3.